The molecule has 1 aliphatic heterocycles. The summed E-state index contributed by atoms with van der Waals surface area (Å²) in [5, 5.41) is 0. The van der Waals surface area contributed by atoms with Gasteiger partial charge in [-0.1, -0.05) is 61.9 Å². The van der Waals surface area contributed by atoms with E-state index in [1.807, 2.05) is 26.0 Å². The second-order valence-corrected chi connectivity index (χ2v) is 8.94. The SMILES string of the molecule is CC=CC1CCC(c2ccc(-c3ccc(-c4ccc(OCCCC)c(F)c4F)cc3)cc2F)OC1. The Morgan fingerprint density at radius 3 is 2.31 bits per heavy atom. The Morgan fingerprint density at radius 1 is 0.914 bits per heavy atom. The van der Waals surface area contributed by atoms with E-state index in [0.29, 0.717) is 35.8 Å². The standard InChI is InChI=1S/C30H31F3O2/c1-3-5-17-34-28-16-14-24(29(32)30(28)33)22-10-8-21(9-11-22)23-12-13-25(26(31)18-23)27-15-7-20(6-4-2)19-35-27/h4,6,8-14,16,18,20,27H,3,5,7,15,17,19H2,1-2H3. The summed E-state index contributed by atoms with van der Waals surface area (Å²) in [5.74, 6) is -1.91. The number of rotatable bonds is 8. The van der Waals surface area contributed by atoms with Crippen molar-refractivity contribution in [3.8, 4) is 28.0 Å². The van der Waals surface area contributed by atoms with Gasteiger partial charge in [-0.05, 0) is 61.1 Å². The van der Waals surface area contributed by atoms with Crippen molar-refractivity contribution < 1.29 is 22.6 Å². The molecule has 2 atom stereocenters. The fourth-order valence-electron chi connectivity index (χ4n) is 4.44. The van der Waals surface area contributed by atoms with Gasteiger partial charge >= 0.3 is 0 Å². The Kier molecular flexibility index (Phi) is 8.29. The summed E-state index contributed by atoms with van der Waals surface area (Å²) in [7, 11) is 0. The molecule has 1 heterocycles. The number of unbranched alkanes of at least 4 members (excludes halogenated alkanes) is 1. The molecule has 0 aliphatic carbocycles. The number of ether oxygens (including phenoxy) is 2. The molecule has 35 heavy (non-hydrogen) atoms. The Balaban J connectivity index is 1.48. The predicted octanol–water partition coefficient (Wildman–Crippen LogP) is 8.66. The topological polar surface area (TPSA) is 18.5 Å². The molecular weight excluding hydrogens is 449 g/mol. The third-order valence-electron chi connectivity index (χ3n) is 6.45. The summed E-state index contributed by atoms with van der Waals surface area (Å²) in [5.41, 5.74) is 2.77. The molecule has 0 saturated carbocycles. The molecule has 2 unspecified atom stereocenters. The van der Waals surface area contributed by atoms with Crippen LogP contribution in [0.1, 0.15) is 51.2 Å². The lowest BCUT2D eigenvalue weighted by Crippen LogP contribution is -2.20. The Morgan fingerprint density at radius 2 is 1.66 bits per heavy atom. The summed E-state index contributed by atoms with van der Waals surface area (Å²) in [6, 6.07) is 15.1. The fourth-order valence-corrected chi connectivity index (χ4v) is 4.44. The molecule has 0 amide bonds. The van der Waals surface area contributed by atoms with Gasteiger partial charge in [0, 0.05) is 17.0 Å². The minimum atomic E-state index is -0.984. The van der Waals surface area contributed by atoms with Gasteiger partial charge in [0.25, 0.3) is 0 Å². The third kappa shape index (κ3) is 5.79. The lowest BCUT2D eigenvalue weighted by atomic mass is 9.93. The van der Waals surface area contributed by atoms with E-state index in [9.17, 15) is 13.2 Å². The summed E-state index contributed by atoms with van der Waals surface area (Å²) in [6.45, 7) is 4.94. The van der Waals surface area contributed by atoms with E-state index < -0.39 is 11.6 Å². The molecule has 0 N–H and O–H groups in total. The number of allylic oxidation sites excluding steroid dienone is 1. The predicted molar refractivity (Wildman–Crippen MR) is 134 cm³/mol. The Hall–Kier alpha value is -3.05. The van der Waals surface area contributed by atoms with E-state index in [-0.39, 0.29) is 23.2 Å². The van der Waals surface area contributed by atoms with Crippen molar-refractivity contribution in [1.82, 2.24) is 0 Å². The van der Waals surface area contributed by atoms with E-state index in [0.717, 1.165) is 31.2 Å². The first-order valence-corrected chi connectivity index (χ1v) is 12.3. The lowest BCUT2D eigenvalue weighted by Gasteiger charge is -2.28. The molecule has 1 aliphatic rings. The van der Waals surface area contributed by atoms with Crippen LogP contribution in [0.4, 0.5) is 13.2 Å². The summed E-state index contributed by atoms with van der Waals surface area (Å²) >= 11 is 0. The number of hydrogen-bond acceptors (Lipinski definition) is 2. The van der Waals surface area contributed by atoms with Crippen LogP contribution in [0.15, 0.2) is 66.7 Å². The van der Waals surface area contributed by atoms with Crippen LogP contribution in [0.25, 0.3) is 22.3 Å². The highest BCUT2D eigenvalue weighted by Gasteiger charge is 2.24. The van der Waals surface area contributed by atoms with Gasteiger partial charge in [-0.3, -0.25) is 0 Å². The maximum atomic E-state index is 15.0. The van der Waals surface area contributed by atoms with E-state index in [1.54, 1.807) is 30.3 Å². The molecule has 184 valence electrons. The zero-order chi connectivity index (χ0) is 24.8. The first-order valence-electron chi connectivity index (χ1n) is 12.3. The summed E-state index contributed by atoms with van der Waals surface area (Å²) in [4.78, 5) is 0. The minimum absolute atomic E-state index is 0.0776. The molecular formula is C30H31F3O2. The van der Waals surface area contributed by atoms with Crippen molar-refractivity contribution in [3.05, 3.63) is 89.8 Å². The highest BCUT2D eigenvalue weighted by molar-refractivity contribution is 5.71. The van der Waals surface area contributed by atoms with Crippen LogP contribution in [0.5, 0.6) is 5.75 Å². The van der Waals surface area contributed by atoms with Crippen molar-refractivity contribution in [1.29, 1.82) is 0 Å². The van der Waals surface area contributed by atoms with Crippen molar-refractivity contribution in [2.75, 3.05) is 13.2 Å². The highest BCUT2D eigenvalue weighted by Crippen LogP contribution is 2.35. The van der Waals surface area contributed by atoms with Gasteiger partial charge in [0.05, 0.1) is 19.3 Å². The van der Waals surface area contributed by atoms with E-state index >= 15 is 0 Å². The number of benzene rings is 3. The van der Waals surface area contributed by atoms with Crippen molar-refractivity contribution in [3.63, 3.8) is 0 Å². The fraction of sp³-hybridized carbons (Fsp3) is 0.333. The third-order valence-corrected chi connectivity index (χ3v) is 6.45. The van der Waals surface area contributed by atoms with E-state index in [4.69, 9.17) is 9.47 Å². The van der Waals surface area contributed by atoms with Gasteiger partial charge in [-0.2, -0.15) is 4.39 Å². The molecule has 1 saturated heterocycles. The van der Waals surface area contributed by atoms with Gasteiger partial charge in [0.15, 0.2) is 11.6 Å². The number of hydrogen-bond donors (Lipinski definition) is 0. The summed E-state index contributed by atoms with van der Waals surface area (Å²) < 4.78 is 55.4. The molecule has 0 bridgehead atoms. The van der Waals surface area contributed by atoms with Gasteiger partial charge in [0.2, 0.25) is 5.82 Å². The first-order chi connectivity index (χ1) is 17.0. The second-order valence-electron chi connectivity index (χ2n) is 8.94. The van der Waals surface area contributed by atoms with Crippen LogP contribution >= 0.6 is 0 Å². The summed E-state index contributed by atoms with van der Waals surface area (Å²) in [6.07, 6.45) is 7.36. The zero-order valence-corrected chi connectivity index (χ0v) is 20.2. The van der Waals surface area contributed by atoms with Crippen molar-refractivity contribution in [2.24, 2.45) is 5.92 Å². The monoisotopic (exact) mass is 480 g/mol. The Bertz CT molecular complexity index is 1160. The van der Waals surface area contributed by atoms with E-state index in [2.05, 4.69) is 6.08 Å². The minimum Gasteiger partial charge on any atom is -0.490 e. The molecule has 4 rings (SSSR count). The van der Waals surface area contributed by atoms with Crippen LogP contribution in [-0.4, -0.2) is 13.2 Å². The normalized spacial score (nSPS) is 18.2. The molecule has 0 radical (unpaired) electrons. The van der Waals surface area contributed by atoms with Crippen molar-refractivity contribution >= 4 is 0 Å². The van der Waals surface area contributed by atoms with E-state index in [1.165, 1.54) is 18.2 Å². The van der Waals surface area contributed by atoms with Gasteiger partial charge < -0.3 is 9.47 Å². The zero-order valence-electron chi connectivity index (χ0n) is 20.2. The average Bonchev–Trinajstić information content (AvgIpc) is 2.88. The molecule has 5 heteroatoms. The van der Waals surface area contributed by atoms with Crippen LogP contribution in [0, 0.1) is 23.4 Å². The highest BCUT2D eigenvalue weighted by atomic mass is 19.2. The number of halogens is 3. The molecule has 0 aromatic heterocycles. The molecule has 3 aromatic rings. The maximum Gasteiger partial charge on any atom is 0.201 e. The second kappa shape index (κ2) is 11.6. The van der Waals surface area contributed by atoms with Crippen molar-refractivity contribution in [2.45, 2.75) is 45.6 Å². The molecule has 0 spiro atoms. The van der Waals surface area contributed by atoms with Gasteiger partial charge in [-0.25, -0.2) is 8.78 Å². The quantitative estimate of drug-likeness (QED) is 0.237. The van der Waals surface area contributed by atoms with Crippen LogP contribution in [0.2, 0.25) is 0 Å². The molecule has 3 aromatic carbocycles. The van der Waals surface area contributed by atoms with Gasteiger partial charge in [-0.15, -0.1) is 0 Å². The average molecular weight is 481 g/mol. The van der Waals surface area contributed by atoms with Crippen LogP contribution in [0.3, 0.4) is 0 Å². The van der Waals surface area contributed by atoms with Crippen LogP contribution in [-0.2, 0) is 4.74 Å². The lowest BCUT2D eigenvalue weighted by molar-refractivity contribution is -0.00711. The Labute approximate surface area is 205 Å². The largest absolute Gasteiger partial charge is 0.490 e. The molecule has 1 fully saturated rings. The maximum absolute atomic E-state index is 15.0. The molecule has 2 nitrogen and oxygen atoms in total. The first kappa shape index (κ1) is 25.1. The van der Waals surface area contributed by atoms with Gasteiger partial charge in [0.1, 0.15) is 5.82 Å². The van der Waals surface area contributed by atoms with Crippen LogP contribution < -0.4 is 4.74 Å². The smallest absolute Gasteiger partial charge is 0.201 e.